The number of rotatable bonds is 2. The minimum Gasteiger partial charge on any atom is -0.403 e. The molecule has 0 atom stereocenters. The highest BCUT2D eigenvalue weighted by atomic mass is 32.1. The Morgan fingerprint density at radius 1 is 1.75 bits per heavy atom. The van der Waals surface area contributed by atoms with Gasteiger partial charge in [-0.15, -0.1) is 11.3 Å². The molecule has 1 heterocycles. The molecule has 0 amide bonds. The van der Waals surface area contributed by atoms with Crippen molar-refractivity contribution in [2.24, 2.45) is 5.73 Å². The highest BCUT2D eigenvalue weighted by Crippen LogP contribution is 2.13. The van der Waals surface area contributed by atoms with Crippen LogP contribution in [-0.4, -0.2) is 5.78 Å². The maximum absolute atomic E-state index is 11.3. The van der Waals surface area contributed by atoms with E-state index in [1.165, 1.54) is 11.3 Å². The van der Waals surface area contributed by atoms with Gasteiger partial charge in [-0.25, -0.2) is 0 Å². The highest BCUT2D eigenvalue weighted by molar-refractivity contribution is 7.12. The zero-order chi connectivity index (χ0) is 8.97. The predicted octanol–water partition coefficient (Wildman–Crippen LogP) is 1.30. The van der Waals surface area contributed by atoms with Crippen molar-refractivity contribution in [3.63, 3.8) is 0 Å². The fourth-order valence-electron chi connectivity index (χ4n) is 0.704. The summed E-state index contributed by atoms with van der Waals surface area (Å²) in [6.45, 7) is 0. The van der Waals surface area contributed by atoms with Gasteiger partial charge in [0.15, 0.2) is 0 Å². The molecule has 1 rings (SSSR count). The Balaban J connectivity index is 2.95. The third-order valence-corrected chi connectivity index (χ3v) is 2.15. The van der Waals surface area contributed by atoms with Crippen molar-refractivity contribution in [1.82, 2.24) is 0 Å². The normalized spacial score (nSPS) is 10.8. The lowest BCUT2D eigenvalue weighted by Crippen LogP contribution is -2.01. The van der Waals surface area contributed by atoms with Crippen LogP contribution >= 0.6 is 11.3 Å². The fourth-order valence-corrected chi connectivity index (χ4v) is 1.38. The molecule has 0 bridgehead atoms. The van der Waals surface area contributed by atoms with Crippen LogP contribution in [0.15, 0.2) is 29.3 Å². The van der Waals surface area contributed by atoms with Crippen molar-refractivity contribution in [1.29, 1.82) is 5.26 Å². The van der Waals surface area contributed by atoms with Gasteiger partial charge in [0.2, 0.25) is 5.78 Å². The van der Waals surface area contributed by atoms with Crippen molar-refractivity contribution in [3.8, 4) is 6.07 Å². The Morgan fingerprint density at radius 3 is 2.92 bits per heavy atom. The van der Waals surface area contributed by atoms with Crippen LogP contribution in [0.25, 0.3) is 0 Å². The number of nitriles is 1. The Kier molecular flexibility index (Phi) is 2.62. The Morgan fingerprint density at radius 2 is 2.50 bits per heavy atom. The van der Waals surface area contributed by atoms with Crippen molar-refractivity contribution in [2.75, 3.05) is 0 Å². The van der Waals surface area contributed by atoms with Crippen LogP contribution in [0.2, 0.25) is 0 Å². The molecule has 60 valence electrons. The van der Waals surface area contributed by atoms with Gasteiger partial charge in [0.1, 0.15) is 11.6 Å². The lowest BCUT2D eigenvalue weighted by molar-refractivity contribution is 0.104. The number of thiophene rings is 1. The monoisotopic (exact) mass is 178 g/mol. The molecule has 0 aliphatic rings. The van der Waals surface area contributed by atoms with Gasteiger partial charge in [-0.3, -0.25) is 4.79 Å². The van der Waals surface area contributed by atoms with E-state index in [1.807, 2.05) is 0 Å². The Bertz CT molecular complexity index is 346. The van der Waals surface area contributed by atoms with E-state index in [-0.39, 0.29) is 11.4 Å². The third-order valence-electron chi connectivity index (χ3n) is 1.28. The summed E-state index contributed by atoms with van der Waals surface area (Å²) in [6.07, 6.45) is 1.03. The third kappa shape index (κ3) is 1.52. The summed E-state index contributed by atoms with van der Waals surface area (Å²) in [7, 11) is 0. The van der Waals surface area contributed by atoms with E-state index in [9.17, 15) is 4.79 Å². The zero-order valence-electron chi connectivity index (χ0n) is 6.15. The molecule has 2 N–H and O–H groups in total. The van der Waals surface area contributed by atoms with Crippen molar-refractivity contribution < 1.29 is 4.79 Å². The largest absolute Gasteiger partial charge is 0.403 e. The number of carbonyl (C=O) groups is 1. The van der Waals surface area contributed by atoms with Crippen LogP contribution in [0.3, 0.4) is 0 Å². The number of ketones is 1. The summed E-state index contributed by atoms with van der Waals surface area (Å²) in [5.74, 6) is -0.310. The second-order valence-electron chi connectivity index (χ2n) is 2.00. The lowest BCUT2D eigenvalue weighted by Gasteiger charge is -1.91. The molecule has 0 spiro atoms. The molecule has 0 fully saturated rings. The SMILES string of the molecule is N#C/C(=C\N)C(=O)c1cccs1. The Labute approximate surface area is 73.7 Å². The first-order valence-corrected chi connectivity index (χ1v) is 4.07. The predicted molar refractivity (Wildman–Crippen MR) is 46.5 cm³/mol. The maximum Gasteiger partial charge on any atom is 0.214 e. The number of hydrogen-bond donors (Lipinski definition) is 1. The van der Waals surface area contributed by atoms with Gasteiger partial charge in [0, 0.05) is 6.20 Å². The van der Waals surface area contributed by atoms with E-state index < -0.39 is 0 Å². The van der Waals surface area contributed by atoms with E-state index in [0.29, 0.717) is 4.88 Å². The first-order chi connectivity index (χ1) is 5.79. The average molecular weight is 178 g/mol. The smallest absolute Gasteiger partial charge is 0.214 e. The van der Waals surface area contributed by atoms with Crippen LogP contribution < -0.4 is 5.73 Å². The Hall–Kier alpha value is -1.60. The van der Waals surface area contributed by atoms with Gasteiger partial charge in [0.05, 0.1) is 4.88 Å². The van der Waals surface area contributed by atoms with Crippen molar-refractivity contribution in [3.05, 3.63) is 34.2 Å². The molecule has 4 heteroatoms. The minimum atomic E-state index is -0.310. The number of allylic oxidation sites excluding steroid dienone is 1. The summed E-state index contributed by atoms with van der Waals surface area (Å²) >= 11 is 1.29. The molecule has 0 saturated heterocycles. The first kappa shape index (κ1) is 8.50. The lowest BCUT2D eigenvalue weighted by atomic mass is 10.2. The van der Waals surface area contributed by atoms with Crippen LogP contribution in [0.4, 0.5) is 0 Å². The first-order valence-electron chi connectivity index (χ1n) is 3.19. The van der Waals surface area contributed by atoms with E-state index in [0.717, 1.165) is 6.20 Å². The van der Waals surface area contributed by atoms with E-state index in [1.54, 1.807) is 23.6 Å². The zero-order valence-corrected chi connectivity index (χ0v) is 6.97. The second kappa shape index (κ2) is 3.69. The summed E-state index contributed by atoms with van der Waals surface area (Å²) < 4.78 is 0. The number of nitrogens with two attached hydrogens (primary N) is 1. The molecule has 0 aliphatic carbocycles. The van der Waals surface area contributed by atoms with Gasteiger partial charge in [-0.1, -0.05) is 6.07 Å². The quantitative estimate of drug-likeness (QED) is 0.421. The van der Waals surface area contributed by atoms with Crippen LogP contribution in [0.1, 0.15) is 9.67 Å². The average Bonchev–Trinajstić information content (AvgIpc) is 2.58. The molecule has 0 aliphatic heterocycles. The van der Waals surface area contributed by atoms with E-state index in [2.05, 4.69) is 0 Å². The molecule has 3 nitrogen and oxygen atoms in total. The summed E-state index contributed by atoms with van der Waals surface area (Å²) in [4.78, 5) is 11.8. The van der Waals surface area contributed by atoms with Gasteiger partial charge >= 0.3 is 0 Å². The van der Waals surface area contributed by atoms with Gasteiger partial charge in [-0.2, -0.15) is 5.26 Å². The number of hydrogen-bond acceptors (Lipinski definition) is 4. The minimum absolute atomic E-state index is 0.0163. The topological polar surface area (TPSA) is 66.9 Å². The molecular formula is C8H6N2OS. The summed E-state index contributed by atoms with van der Waals surface area (Å²) in [5.41, 5.74) is 5.07. The van der Waals surface area contributed by atoms with Crippen LogP contribution in [-0.2, 0) is 0 Å². The van der Waals surface area contributed by atoms with Crippen molar-refractivity contribution >= 4 is 17.1 Å². The van der Waals surface area contributed by atoms with Gasteiger partial charge in [-0.05, 0) is 11.4 Å². The fraction of sp³-hybridized carbons (Fsp3) is 0. The molecule has 0 saturated carbocycles. The van der Waals surface area contributed by atoms with Gasteiger partial charge < -0.3 is 5.73 Å². The number of nitrogens with zero attached hydrogens (tertiary/aromatic N) is 1. The van der Waals surface area contributed by atoms with Crippen LogP contribution in [0, 0.1) is 11.3 Å². The molecule has 12 heavy (non-hydrogen) atoms. The molecule has 1 aromatic heterocycles. The molecular weight excluding hydrogens is 172 g/mol. The standard InChI is InChI=1S/C8H6N2OS/c9-4-6(5-10)8(11)7-2-1-3-12-7/h1-4H,9H2/b6-4+. The van der Waals surface area contributed by atoms with E-state index >= 15 is 0 Å². The molecule has 1 aromatic rings. The highest BCUT2D eigenvalue weighted by Gasteiger charge is 2.11. The number of Topliss-reactive ketones (excluding diaryl/α,β-unsaturated/α-hetero) is 1. The summed E-state index contributed by atoms with van der Waals surface area (Å²) in [5, 5.41) is 10.3. The van der Waals surface area contributed by atoms with E-state index in [4.69, 9.17) is 11.0 Å². The number of carbonyl (C=O) groups excluding carboxylic acids is 1. The van der Waals surface area contributed by atoms with Gasteiger partial charge in [0.25, 0.3) is 0 Å². The molecule has 0 unspecified atom stereocenters. The van der Waals surface area contributed by atoms with Crippen LogP contribution in [0.5, 0.6) is 0 Å². The second-order valence-corrected chi connectivity index (χ2v) is 2.95. The van der Waals surface area contributed by atoms with Crippen molar-refractivity contribution in [2.45, 2.75) is 0 Å². The maximum atomic E-state index is 11.3. The summed E-state index contributed by atoms with van der Waals surface area (Å²) in [6, 6.07) is 5.15. The molecule has 0 radical (unpaired) electrons. The molecule has 0 aromatic carbocycles.